The number of likely N-dealkylation sites (tertiary alicyclic amines) is 1. The van der Waals surface area contributed by atoms with E-state index < -0.39 is 35.0 Å². The maximum absolute atomic E-state index is 13.9. The molecule has 0 N–H and O–H groups in total. The van der Waals surface area contributed by atoms with Crippen LogP contribution in [0, 0.1) is 17.5 Å². The molecule has 24 heavy (non-hydrogen) atoms. The molecule has 2 aliphatic heterocycles. The van der Waals surface area contributed by atoms with Crippen LogP contribution in [0.2, 0.25) is 0 Å². The van der Waals surface area contributed by atoms with Gasteiger partial charge in [0.15, 0.2) is 17.5 Å². The molecule has 0 aromatic heterocycles. The highest BCUT2D eigenvalue weighted by Gasteiger charge is 2.38. The number of rotatable bonds is 2. The van der Waals surface area contributed by atoms with Crippen LogP contribution in [0.3, 0.4) is 0 Å². The molecule has 2 fully saturated rings. The Morgan fingerprint density at radius 3 is 2.46 bits per heavy atom. The van der Waals surface area contributed by atoms with Crippen molar-refractivity contribution in [3.8, 4) is 0 Å². The molecule has 1 aromatic carbocycles. The summed E-state index contributed by atoms with van der Waals surface area (Å²) in [5.74, 6) is -5.57. The lowest BCUT2D eigenvalue weighted by Crippen LogP contribution is -2.51. The van der Waals surface area contributed by atoms with E-state index in [9.17, 15) is 22.8 Å². The van der Waals surface area contributed by atoms with E-state index in [0.29, 0.717) is 45.2 Å². The van der Waals surface area contributed by atoms with Gasteiger partial charge in [0, 0.05) is 19.6 Å². The minimum absolute atomic E-state index is 0.216. The number of ether oxygens (including phenoxy) is 1. The minimum Gasteiger partial charge on any atom is -0.378 e. The van der Waals surface area contributed by atoms with Gasteiger partial charge in [-0.05, 0) is 25.0 Å². The van der Waals surface area contributed by atoms with Gasteiger partial charge in [-0.15, -0.1) is 0 Å². The summed E-state index contributed by atoms with van der Waals surface area (Å²) in [4.78, 5) is 28.0. The van der Waals surface area contributed by atoms with Crippen LogP contribution in [0.15, 0.2) is 12.1 Å². The minimum atomic E-state index is -1.68. The van der Waals surface area contributed by atoms with Gasteiger partial charge in [0.2, 0.25) is 5.91 Å². The molecule has 2 heterocycles. The van der Waals surface area contributed by atoms with E-state index in [4.69, 9.17) is 4.74 Å². The van der Waals surface area contributed by atoms with Crippen molar-refractivity contribution in [2.24, 2.45) is 0 Å². The molecule has 130 valence electrons. The van der Waals surface area contributed by atoms with Crippen molar-refractivity contribution in [3.63, 3.8) is 0 Å². The van der Waals surface area contributed by atoms with Crippen LogP contribution in [0.1, 0.15) is 23.2 Å². The second-order valence-corrected chi connectivity index (χ2v) is 5.82. The Labute approximate surface area is 137 Å². The fourth-order valence-corrected chi connectivity index (χ4v) is 3.11. The number of nitrogens with zero attached hydrogens (tertiary/aromatic N) is 2. The quantitative estimate of drug-likeness (QED) is 0.767. The predicted octanol–water partition coefficient (Wildman–Crippen LogP) is 1.57. The summed E-state index contributed by atoms with van der Waals surface area (Å²) >= 11 is 0. The number of carbonyl (C=O) groups excluding carboxylic acids is 2. The smallest absolute Gasteiger partial charge is 0.257 e. The van der Waals surface area contributed by atoms with Crippen LogP contribution in [0.4, 0.5) is 13.2 Å². The van der Waals surface area contributed by atoms with E-state index in [1.807, 2.05) is 0 Å². The van der Waals surface area contributed by atoms with E-state index in [1.54, 1.807) is 4.90 Å². The standard InChI is InChI=1S/C16H17F3N2O3/c17-11-4-3-10(13(18)14(11)19)15(22)21-5-1-2-12(21)16(23)20-6-8-24-9-7-20/h3-4,12H,1-2,5-9H2/t12-/m1/s1. The lowest BCUT2D eigenvalue weighted by Gasteiger charge is -2.32. The number of hydrogen-bond donors (Lipinski definition) is 0. The number of hydrogen-bond acceptors (Lipinski definition) is 3. The van der Waals surface area contributed by atoms with E-state index in [-0.39, 0.29) is 12.5 Å². The van der Waals surface area contributed by atoms with Crippen LogP contribution >= 0.6 is 0 Å². The Morgan fingerprint density at radius 1 is 1.04 bits per heavy atom. The van der Waals surface area contributed by atoms with Crippen molar-refractivity contribution in [1.82, 2.24) is 9.80 Å². The Balaban J connectivity index is 1.81. The second-order valence-electron chi connectivity index (χ2n) is 5.82. The molecule has 0 bridgehead atoms. The summed E-state index contributed by atoms with van der Waals surface area (Å²) in [6.07, 6.45) is 1.06. The monoisotopic (exact) mass is 342 g/mol. The molecule has 2 saturated heterocycles. The van der Waals surface area contributed by atoms with Crippen molar-refractivity contribution >= 4 is 11.8 Å². The van der Waals surface area contributed by atoms with Gasteiger partial charge < -0.3 is 14.5 Å². The van der Waals surface area contributed by atoms with E-state index in [0.717, 1.165) is 6.07 Å². The number of amides is 2. The molecular formula is C16H17F3N2O3. The Bertz CT molecular complexity index is 662. The summed E-state index contributed by atoms with van der Waals surface area (Å²) in [5, 5.41) is 0. The van der Waals surface area contributed by atoms with Crippen LogP contribution in [0.25, 0.3) is 0 Å². The maximum Gasteiger partial charge on any atom is 0.257 e. The fourth-order valence-electron chi connectivity index (χ4n) is 3.11. The third-order valence-corrected chi connectivity index (χ3v) is 4.39. The van der Waals surface area contributed by atoms with E-state index in [2.05, 4.69) is 0 Å². The third-order valence-electron chi connectivity index (χ3n) is 4.39. The van der Waals surface area contributed by atoms with E-state index >= 15 is 0 Å². The van der Waals surface area contributed by atoms with Crippen molar-refractivity contribution in [2.75, 3.05) is 32.8 Å². The zero-order chi connectivity index (χ0) is 17.3. The van der Waals surface area contributed by atoms with Crippen molar-refractivity contribution in [1.29, 1.82) is 0 Å². The molecule has 0 saturated carbocycles. The molecule has 1 atom stereocenters. The summed E-state index contributed by atoms with van der Waals surface area (Å²) in [7, 11) is 0. The maximum atomic E-state index is 13.9. The summed E-state index contributed by atoms with van der Waals surface area (Å²) in [6.45, 7) is 2.03. The van der Waals surface area contributed by atoms with Crippen LogP contribution < -0.4 is 0 Å². The third kappa shape index (κ3) is 2.98. The van der Waals surface area contributed by atoms with Crippen molar-refractivity contribution in [3.05, 3.63) is 35.1 Å². The Kier molecular flexibility index (Phi) is 4.75. The van der Waals surface area contributed by atoms with Crippen molar-refractivity contribution < 1.29 is 27.5 Å². The SMILES string of the molecule is O=C([C@H]1CCCN1C(=O)c1ccc(F)c(F)c1F)N1CCOCC1. The molecule has 0 aliphatic carbocycles. The molecule has 3 rings (SSSR count). The zero-order valence-electron chi connectivity index (χ0n) is 12.9. The highest BCUT2D eigenvalue weighted by molar-refractivity contribution is 5.98. The number of carbonyl (C=O) groups is 2. The number of benzene rings is 1. The molecule has 5 nitrogen and oxygen atoms in total. The van der Waals surface area contributed by atoms with Gasteiger partial charge in [-0.3, -0.25) is 9.59 Å². The Morgan fingerprint density at radius 2 is 1.75 bits per heavy atom. The predicted molar refractivity (Wildman–Crippen MR) is 77.8 cm³/mol. The van der Waals surface area contributed by atoms with Gasteiger partial charge in [-0.2, -0.15) is 0 Å². The zero-order valence-corrected chi connectivity index (χ0v) is 12.9. The lowest BCUT2D eigenvalue weighted by molar-refractivity contribution is -0.139. The fraction of sp³-hybridized carbons (Fsp3) is 0.500. The van der Waals surface area contributed by atoms with Gasteiger partial charge in [0.1, 0.15) is 6.04 Å². The summed E-state index contributed by atoms with van der Waals surface area (Å²) in [6, 6.07) is 0.911. The topological polar surface area (TPSA) is 49.9 Å². The van der Waals surface area contributed by atoms with Crippen LogP contribution in [-0.2, 0) is 9.53 Å². The summed E-state index contributed by atoms with van der Waals surface area (Å²) < 4.78 is 45.5. The average molecular weight is 342 g/mol. The van der Waals surface area contributed by atoms with Crippen LogP contribution in [-0.4, -0.2) is 60.5 Å². The largest absolute Gasteiger partial charge is 0.378 e. The van der Waals surface area contributed by atoms with Crippen molar-refractivity contribution in [2.45, 2.75) is 18.9 Å². The highest BCUT2D eigenvalue weighted by Crippen LogP contribution is 2.24. The lowest BCUT2D eigenvalue weighted by atomic mass is 10.1. The first-order chi connectivity index (χ1) is 11.5. The average Bonchev–Trinajstić information content (AvgIpc) is 3.09. The highest BCUT2D eigenvalue weighted by atomic mass is 19.2. The first-order valence-corrected chi connectivity index (χ1v) is 7.81. The number of halogens is 3. The summed E-state index contributed by atoms with van der Waals surface area (Å²) in [5.41, 5.74) is -0.560. The van der Waals surface area contributed by atoms with Gasteiger partial charge in [0.25, 0.3) is 5.91 Å². The Hall–Kier alpha value is -2.09. The first kappa shape index (κ1) is 16.8. The molecule has 0 spiro atoms. The molecule has 0 unspecified atom stereocenters. The van der Waals surface area contributed by atoms with E-state index in [1.165, 1.54) is 4.90 Å². The molecular weight excluding hydrogens is 325 g/mol. The normalized spacial score (nSPS) is 21.2. The van der Waals surface area contributed by atoms with Gasteiger partial charge in [-0.1, -0.05) is 0 Å². The molecule has 8 heteroatoms. The second kappa shape index (κ2) is 6.80. The molecule has 0 radical (unpaired) electrons. The van der Waals surface area contributed by atoms with Gasteiger partial charge in [0.05, 0.1) is 18.8 Å². The van der Waals surface area contributed by atoms with Crippen LogP contribution in [0.5, 0.6) is 0 Å². The van der Waals surface area contributed by atoms with Gasteiger partial charge in [-0.25, -0.2) is 13.2 Å². The molecule has 1 aromatic rings. The van der Waals surface area contributed by atoms with Gasteiger partial charge >= 0.3 is 0 Å². The molecule has 2 amide bonds. The first-order valence-electron chi connectivity index (χ1n) is 7.81. The number of morpholine rings is 1. The molecule has 2 aliphatic rings.